The minimum absolute atomic E-state index is 0.0695. The molecule has 0 aliphatic carbocycles. The number of nitrogens with one attached hydrogen (secondary N) is 2. The average Bonchev–Trinajstić information content (AvgIpc) is 2.69. The van der Waals surface area contributed by atoms with E-state index < -0.39 is 17.0 Å². The minimum Gasteiger partial charge on any atom is -0.406 e. The largest absolute Gasteiger partial charge is 0.573 e. The Hall–Kier alpha value is -3.15. The third-order valence-corrected chi connectivity index (χ3v) is 4.52. The predicted octanol–water partition coefficient (Wildman–Crippen LogP) is 3.92. The lowest BCUT2D eigenvalue weighted by molar-refractivity contribution is -0.383. The van der Waals surface area contributed by atoms with Crippen LogP contribution in [0, 0.1) is 10.1 Å². The molecule has 12 heteroatoms. The van der Waals surface area contributed by atoms with E-state index >= 15 is 0 Å². The smallest absolute Gasteiger partial charge is 0.406 e. The summed E-state index contributed by atoms with van der Waals surface area (Å²) in [6, 6.07) is 4.80. The van der Waals surface area contributed by atoms with Crippen molar-refractivity contribution in [2.24, 2.45) is 0 Å². The van der Waals surface area contributed by atoms with Gasteiger partial charge in [-0.05, 0) is 50.2 Å². The van der Waals surface area contributed by atoms with Gasteiger partial charge in [0.1, 0.15) is 12.1 Å². The van der Waals surface area contributed by atoms with Crippen LogP contribution in [0.3, 0.4) is 0 Å². The van der Waals surface area contributed by atoms with Gasteiger partial charge in [-0.2, -0.15) is 0 Å². The molecule has 0 atom stereocenters. The first kappa shape index (κ1) is 21.6. The monoisotopic (exact) mass is 426 g/mol. The van der Waals surface area contributed by atoms with Crippen molar-refractivity contribution in [2.75, 3.05) is 36.8 Å². The molecule has 3 rings (SSSR count). The first-order chi connectivity index (χ1) is 14.3. The van der Waals surface area contributed by atoms with Crippen LogP contribution in [0.25, 0.3) is 0 Å². The lowest BCUT2D eigenvalue weighted by Gasteiger charge is -2.26. The third kappa shape index (κ3) is 6.17. The van der Waals surface area contributed by atoms with E-state index in [0.717, 1.165) is 44.6 Å². The standard InChI is InChI=1S/C18H21F3N6O3/c19-18(20,21)30-14-6-4-13(5-7-14)25-17-15(27(28)29)16(23-12-24-17)22-8-11-26-9-2-1-3-10-26/h4-7,12H,1-3,8-11H2,(H2,22,23,24,25). The molecule has 1 aliphatic heterocycles. The van der Waals surface area contributed by atoms with Crippen LogP contribution in [-0.4, -0.2) is 52.3 Å². The van der Waals surface area contributed by atoms with Crippen molar-refractivity contribution in [2.45, 2.75) is 25.6 Å². The first-order valence-corrected chi connectivity index (χ1v) is 9.40. The molecule has 0 bridgehead atoms. The molecule has 2 heterocycles. The van der Waals surface area contributed by atoms with Crippen molar-refractivity contribution in [1.82, 2.24) is 14.9 Å². The Morgan fingerprint density at radius 2 is 1.77 bits per heavy atom. The van der Waals surface area contributed by atoms with Gasteiger partial charge < -0.3 is 20.3 Å². The number of hydrogen-bond acceptors (Lipinski definition) is 8. The summed E-state index contributed by atoms with van der Waals surface area (Å²) in [5, 5.41) is 17.3. The Balaban J connectivity index is 1.68. The molecule has 30 heavy (non-hydrogen) atoms. The fraction of sp³-hybridized carbons (Fsp3) is 0.444. The zero-order valence-corrected chi connectivity index (χ0v) is 16.0. The van der Waals surface area contributed by atoms with Crippen molar-refractivity contribution in [1.29, 1.82) is 0 Å². The van der Waals surface area contributed by atoms with Gasteiger partial charge in [0, 0.05) is 18.8 Å². The molecule has 162 valence electrons. The highest BCUT2D eigenvalue weighted by atomic mass is 19.4. The normalized spacial score (nSPS) is 14.9. The Morgan fingerprint density at radius 3 is 2.40 bits per heavy atom. The van der Waals surface area contributed by atoms with Crippen molar-refractivity contribution >= 4 is 23.0 Å². The van der Waals surface area contributed by atoms with Gasteiger partial charge in [-0.15, -0.1) is 13.2 Å². The van der Waals surface area contributed by atoms with Crippen LogP contribution >= 0.6 is 0 Å². The molecule has 2 N–H and O–H groups in total. The van der Waals surface area contributed by atoms with E-state index in [2.05, 4.69) is 30.2 Å². The van der Waals surface area contributed by atoms with Crippen molar-refractivity contribution in [3.63, 3.8) is 0 Å². The second-order valence-electron chi connectivity index (χ2n) is 6.70. The maximum absolute atomic E-state index is 12.3. The summed E-state index contributed by atoms with van der Waals surface area (Å²) in [6.07, 6.45) is -0.0997. The molecule has 1 fully saturated rings. The Bertz CT molecular complexity index is 857. The number of rotatable bonds is 8. The quantitative estimate of drug-likeness (QED) is 0.483. The van der Waals surface area contributed by atoms with Gasteiger partial charge in [-0.1, -0.05) is 6.42 Å². The number of likely N-dealkylation sites (tertiary alicyclic amines) is 1. The fourth-order valence-electron chi connectivity index (χ4n) is 3.16. The van der Waals surface area contributed by atoms with Crippen LogP contribution in [0.1, 0.15) is 19.3 Å². The molecule has 0 unspecified atom stereocenters. The SMILES string of the molecule is O=[N+]([O-])c1c(NCCN2CCCCC2)ncnc1Nc1ccc(OC(F)(F)F)cc1. The van der Waals surface area contributed by atoms with E-state index in [0.29, 0.717) is 12.2 Å². The van der Waals surface area contributed by atoms with Gasteiger partial charge in [0.15, 0.2) is 0 Å². The van der Waals surface area contributed by atoms with Crippen LogP contribution in [0.2, 0.25) is 0 Å². The Labute approximate surface area is 170 Å². The molecule has 0 radical (unpaired) electrons. The zero-order valence-electron chi connectivity index (χ0n) is 16.0. The number of benzene rings is 1. The second-order valence-corrected chi connectivity index (χ2v) is 6.70. The Morgan fingerprint density at radius 1 is 1.10 bits per heavy atom. The number of alkyl halides is 3. The first-order valence-electron chi connectivity index (χ1n) is 9.40. The lowest BCUT2D eigenvalue weighted by atomic mass is 10.1. The van der Waals surface area contributed by atoms with Gasteiger partial charge in [0.2, 0.25) is 11.6 Å². The van der Waals surface area contributed by atoms with Crippen molar-refractivity contribution < 1.29 is 22.8 Å². The summed E-state index contributed by atoms with van der Waals surface area (Å²) >= 11 is 0. The van der Waals surface area contributed by atoms with Crippen LogP contribution < -0.4 is 15.4 Å². The second kappa shape index (κ2) is 9.57. The minimum atomic E-state index is -4.80. The van der Waals surface area contributed by atoms with Crippen LogP contribution in [0.5, 0.6) is 5.75 Å². The highest BCUT2D eigenvalue weighted by Gasteiger charge is 2.31. The van der Waals surface area contributed by atoms with Gasteiger partial charge in [-0.3, -0.25) is 10.1 Å². The molecular formula is C18H21F3N6O3. The molecule has 0 amide bonds. The number of nitrogens with zero attached hydrogens (tertiary/aromatic N) is 4. The summed E-state index contributed by atoms with van der Waals surface area (Å²) < 4.78 is 40.6. The highest BCUT2D eigenvalue weighted by molar-refractivity contribution is 5.73. The van der Waals surface area contributed by atoms with Crippen LogP contribution in [0.15, 0.2) is 30.6 Å². The maximum Gasteiger partial charge on any atom is 0.573 e. The number of halogens is 3. The molecular weight excluding hydrogens is 405 g/mol. The molecule has 0 saturated carbocycles. The van der Waals surface area contributed by atoms with Gasteiger partial charge in [0.05, 0.1) is 4.92 Å². The molecule has 1 aliphatic rings. The van der Waals surface area contributed by atoms with E-state index in [9.17, 15) is 23.3 Å². The van der Waals surface area contributed by atoms with Crippen molar-refractivity contribution in [3.05, 3.63) is 40.7 Å². The topological polar surface area (TPSA) is 105 Å². The molecule has 1 aromatic heterocycles. The number of nitro groups is 1. The van der Waals surface area contributed by atoms with Crippen molar-refractivity contribution in [3.8, 4) is 5.75 Å². The molecule has 9 nitrogen and oxygen atoms in total. The van der Waals surface area contributed by atoms with Crippen LogP contribution in [0.4, 0.5) is 36.2 Å². The number of piperidine rings is 1. The van der Waals surface area contributed by atoms with E-state index in [1.165, 1.54) is 24.9 Å². The third-order valence-electron chi connectivity index (χ3n) is 4.52. The summed E-state index contributed by atoms with van der Waals surface area (Å²) in [7, 11) is 0. The van der Waals surface area contributed by atoms with Gasteiger partial charge in [-0.25, -0.2) is 9.97 Å². The average molecular weight is 426 g/mol. The summed E-state index contributed by atoms with van der Waals surface area (Å²) in [6.45, 7) is 3.24. The molecule has 0 spiro atoms. The highest BCUT2D eigenvalue weighted by Crippen LogP contribution is 2.32. The number of anilines is 3. The lowest BCUT2D eigenvalue weighted by Crippen LogP contribution is -2.33. The number of aromatic nitrogens is 2. The fourth-order valence-corrected chi connectivity index (χ4v) is 3.16. The van der Waals surface area contributed by atoms with E-state index in [1.54, 1.807) is 0 Å². The summed E-state index contributed by atoms with van der Waals surface area (Å²) in [4.78, 5) is 21.2. The summed E-state index contributed by atoms with van der Waals surface area (Å²) in [5.74, 6) is -0.392. The Kier molecular flexibility index (Phi) is 6.87. The number of ether oxygens (including phenoxy) is 1. The molecule has 2 aromatic rings. The van der Waals surface area contributed by atoms with Crippen LogP contribution in [-0.2, 0) is 0 Å². The summed E-state index contributed by atoms with van der Waals surface area (Å²) in [5.41, 5.74) is -0.0302. The molecule has 1 aromatic carbocycles. The van der Waals surface area contributed by atoms with Gasteiger partial charge in [0.25, 0.3) is 0 Å². The maximum atomic E-state index is 12.3. The van der Waals surface area contributed by atoms with E-state index in [4.69, 9.17) is 0 Å². The van der Waals surface area contributed by atoms with E-state index in [1.807, 2.05) is 0 Å². The predicted molar refractivity (Wildman–Crippen MR) is 104 cm³/mol. The zero-order chi connectivity index (χ0) is 21.6. The number of hydrogen-bond donors (Lipinski definition) is 2. The molecule has 1 saturated heterocycles. The van der Waals surface area contributed by atoms with Gasteiger partial charge >= 0.3 is 12.0 Å². The van der Waals surface area contributed by atoms with E-state index in [-0.39, 0.29) is 17.3 Å².